The Labute approximate surface area is 169 Å². The Balaban J connectivity index is 0.00000109. The predicted octanol–water partition coefficient (Wildman–Crippen LogP) is 4.94. The van der Waals surface area contributed by atoms with Gasteiger partial charge in [-0.3, -0.25) is 9.89 Å². The maximum absolute atomic E-state index is 12.6. The van der Waals surface area contributed by atoms with Crippen molar-refractivity contribution in [2.45, 2.75) is 70.2 Å². The lowest BCUT2D eigenvalue weighted by Crippen LogP contribution is -2.17. The van der Waals surface area contributed by atoms with Crippen molar-refractivity contribution in [1.82, 2.24) is 25.3 Å². The van der Waals surface area contributed by atoms with E-state index in [0.717, 1.165) is 48.1 Å². The normalized spacial score (nSPS) is 15.8. The van der Waals surface area contributed by atoms with Crippen LogP contribution in [0.5, 0.6) is 0 Å². The molecule has 1 atom stereocenters. The lowest BCUT2D eigenvalue weighted by Gasteiger charge is -2.19. The molecule has 8 heteroatoms. The summed E-state index contributed by atoms with van der Waals surface area (Å²) >= 11 is 1.54. The molecule has 0 saturated carbocycles. The van der Waals surface area contributed by atoms with E-state index >= 15 is 0 Å². The number of carbonyl (C=O) groups is 1. The fourth-order valence-corrected chi connectivity index (χ4v) is 4.08. The molecule has 0 amide bonds. The number of hydrogen-bond acceptors (Lipinski definition) is 7. The van der Waals surface area contributed by atoms with Crippen molar-refractivity contribution >= 4 is 28.6 Å². The smallest absolute Gasteiger partial charge is 0.185 e. The molecule has 150 valence electrons. The second-order valence-corrected chi connectivity index (χ2v) is 7.37. The first-order valence-corrected chi connectivity index (χ1v) is 11.2. The fraction of sp³-hybridized carbons (Fsp3) is 0.550. The lowest BCUT2D eigenvalue weighted by atomic mass is 9.83. The molecule has 1 aliphatic rings. The highest BCUT2D eigenvalue weighted by molar-refractivity contribution is 7.98. The minimum Gasteiger partial charge on any atom is -0.360 e. The molecule has 7 nitrogen and oxygen atoms in total. The van der Waals surface area contributed by atoms with Crippen molar-refractivity contribution in [2.75, 3.05) is 6.26 Å². The van der Waals surface area contributed by atoms with Crippen LogP contribution in [-0.2, 0) is 11.2 Å². The van der Waals surface area contributed by atoms with E-state index in [2.05, 4.69) is 32.2 Å². The summed E-state index contributed by atoms with van der Waals surface area (Å²) in [6.45, 7) is 6.10. The van der Waals surface area contributed by atoms with Crippen LogP contribution in [0.4, 0.5) is 0 Å². The van der Waals surface area contributed by atoms with E-state index < -0.39 is 0 Å². The summed E-state index contributed by atoms with van der Waals surface area (Å²) < 4.78 is 5.64. The summed E-state index contributed by atoms with van der Waals surface area (Å²) in [5.74, 6) is 1.32. The summed E-state index contributed by atoms with van der Waals surface area (Å²) in [6.07, 6.45) is 8.86. The Hall–Kier alpha value is -2.22. The predicted molar refractivity (Wildman–Crippen MR) is 111 cm³/mol. The fourth-order valence-electron chi connectivity index (χ4n) is 3.53. The Morgan fingerprint density at radius 3 is 2.93 bits per heavy atom. The molecule has 1 unspecified atom stereocenters. The Morgan fingerprint density at radius 1 is 1.36 bits per heavy atom. The van der Waals surface area contributed by atoms with Gasteiger partial charge in [0.1, 0.15) is 10.8 Å². The molecule has 28 heavy (non-hydrogen) atoms. The van der Waals surface area contributed by atoms with Gasteiger partial charge < -0.3 is 4.52 Å². The quantitative estimate of drug-likeness (QED) is 0.461. The Bertz CT molecular complexity index is 949. The van der Waals surface area contributed by atoms with E-state index in [1.54, 1.807) is 18.0 Å². The zero-order chi connectivity index (χ0) is 20.1. The molecule has 1 aliphatic carbocycles. The van der Waals surface area contributed by atoms with Crippen molar-refractivity contribution in [1.29, 1.82) is 0 Å². The molecule has 3 heterocycles. The Morgan fingerprint density at radius 2 is 2.18 bits per heavy atom. The van der Waals surface area contributed by atoms with Crippen molar-refractivity contribution in [2.24, 2.45) is 0 Å². The maximum atomic E-state index is 12.6. The molecule has 0 bridgehead atoms. The van der Waals surface area contributed by atoms with Gasteiger partial charge in [0.25, 0.3) is 0 Å². The molecule has 0 saturated heterocycles. The van der Waals surface area contributed by atoms with Crippen LogP contribution in [0.1, 0.15) is 70.1 Å². The first-order valence-electron chi connectivity index (χ1n) is 9.99. The number of aromatic nitrogens is 5. The summed E-state index contributed by atoms with van der Waals surface area (Å²) in [5.41, 5.74) is 2.32. The highest BCUT2D eigenvalue weighted by atomic mass is 32.2. The molecular formula is C20H27N5O2S. The zero-order valence-corrected chi connectivity index (χ0v) is 17.7. The van der Waals surface area contributed by atoms with Crippen LogP contribution in [0, 0.1) is 0 Å². The summed E-state index contributed by atoms with van der Waals surface area (Å²) in [6, 6.07) is 0. The van der Waals surface area contributed by atoms with Gasteiger partial charge in [-0.25, -0.2) is 9.97 Å². The minimum atomic E-state index is -0.178. The molecule has 3 aromatic heterocycles. The second-order valence-electron chi connectivity index (χ2n) is 6.58. The zero-order valence-electron chi connectivity index (χ0n) is 16.9. The van der Waals surface area contributed by atoms with E-state index in [-0.39, 0.29) is 11.7 Å². The summed E-state index contributed by atoms with van der Waals surface area (Å²) in [5, 5.41) is 12.9. The standard InChI is InChI=1S/C18H21N5O2S.C2H6/c1-3-4-8-13(24)10-6-5-7-11-14(23-25-15(10)11)17-20-16-12(9-19-22-16)18(21-17)26-2;1-2/h9-10H,3-8H2,1-2H3,(H,19,20,21,22);1-2H3. The van der Waals surface area contributed by atoms with Gasteiger partial charge in [-0.15, -0.1) is 11.8 Å². The van der Waals surface area contributed by atoms with Gasteiger partial charge in [0.05, 0.1) is 17.5 Å². The van der Waals surface area contributed by atoms with Crippen LogP contribution in [0.15, 0.2) is 15.7 Å². The van der Waals surface area contributed by atoms with Gasteiger partial charge in [-0.1, -0.05) is 32.3 Å². The lowest BCUT2D eigenvalue weighted by molar-refractivity contribution is -0.121. The number of carbonyl (C=O) groups excluding carboxylic acids is 1. The molecule has 4 rings (SSSR count). The number of fused-ring (bicyclic) bond motifs is 2. The van der Waals surface area contributed by atoms with Gasteiger partial charge in [0.15, 0.2) is 22.9 Å². The van der Waals surface area contributed by atoms with E-state index in [9.17, 15) is 4.79 Å². The van der Waals surface area contributed by atoms with Crippen molar-refractivity contribution in [3.8, 4) is 11.5 Å². The van der Waals surface area contributed by atoms with Gasteiger partial charge in [-0.05, 0) is 31.9 Å². The highest BCUT2D eigenvalue weighted by Crippen LogP contribution is 2.38. The number of rotatable bonds is 6. The topological polar surface area (TPSA) is 97.6 Å². The van der Waals surface area contributed by atoms with Crippen LogP contribution < -0.4 is 0 Å². The largest absolute Gasteiger partial charge is 0.360 e. The van der Waals surface area contributed by atoms with Crippen molar-refractivity contribution in [3.63, 3.8) is 0 Å². The third-order valence-electron chi connectivity index (χ3n) is 4.90. The molecular weight excluding hydrogens is 374 g/mol. The third-order valence-corrected chi connectivity index (χ3v) is 5.60. The monoisotopic (exact) mass is 401 g/mol. The number of Topliss-reactive ketones (excluding diaryl/α,β-unsaturated/α-hetero) is 1. The molecule has 0 aromatic carbocycles. The average Bonchev–Trinajstić information content (AvgIpc) is 3.39. The number of hydrogen-bond donors (Lipinski definition) is 1. The first-order chi connectivity index (χ1) is 13.7. The van der Waals surface area contributed by atoms with Gasteiger partial charge in [-0.2, -0.15) is 5.10 Å². The summed E-state index contributed by atoms with van der Waals surface area (Å²) in [4.78, 5) is 21.8. The minimum absolute atomic E-state index is 0.178. The van der Waals surface area contributed by atoms with Crippen molar-refractivity contribution in [3.05, 3.63) is 17.5 Å². The maximum Gasteiger partial charge on any atom is 0.185 e. The SMILES string of the molecule is CC.CCCCC(=O)C1CCCc2c(-c3nc(SC)c4cn[nH]c4n3)noc21. The third kappa shape index (κ3) is 3.83. The number of nitrogens with zero attached hydrogens (tertiary/aromatic N) is 4. The van der Waals surface area contributed by atoms with Crippen LogP contribution in [0.2, 0.25) is 0 Å². The molecule has 0 spiro atoms. The van der Waals surface area contributed by atoms with Crippen molar-refractivity contribution < 1.29 is 9.32 Å². The number of unbranched alkanes of at least 4 members (excludes halogenated alkanes) is 1. The number of nitrogens with one attached hydrogen (secondary N) is 1. The van der Waals surface area contributed by atoms with Crippen LogP contribution in [0.3, 0.4) is 0 Å². The Kier molecular flexibility index (Phi) is 6.83. The van der Waals surface area contributed by atoms with Crippen LogP contribution in [-0.4, -0.2) is 37.4 Å². The van der Waals surface area contributed by atoms with Gasteiger partial charge >= 0.3 is 0 Å². The van der Waals surface area contributed by atoms with E-state index in [1.807, 2.05) is 20.1 Å². The average molecular weight is 402 g/mol. The van der Waals surface area contributed by atoms with Crippen LogP contribution >= 0.6 is 11.8 Å². The van der Waals surface area contributed by atoms with Crippen LogP contribution in [0.25, 0.3) is 22.6 Å². The molecule has 3 aromatic rings. The van der Waals surface area contributed by atoms with E-state index in [1.165, 1.54) is 0 Å². The number of thioether (sulfide) groups is 1. The molecule has 0 fully saturated rings. The molecule has 0 radical (unpaired) electrons. The first kappa shape index (κ1) is 20.5. The number of ketones is 1. The summed E-state index contributed by atoms with van der Waals surface area (Å²) in [7, 11) is 0. The van der Waals surface area contributed by atoms with E-state index in [0.29, 0.717) is 29.3 Å². The van der Waals surface area contributed by atoms with E-state index in [4.69, 9.17) is 4.52 Å². The molecule has 0 aliphatic heterocycles. The van der Waals surface area contributed by atoms with Gasteiger partial charge in [0, 0.05) is 12.0 Å². The number of H-pyrrole nitrogens is 1. The highest BCUT2D eigenvalue weighted by Gasteiger charge is 2.33. The number of aromatic amines is 1. The van der Waals surface area contributed by atoms with Gasteiger partial charge in [0.2, 0.25) is 0 Å². The molecule has 1 N–H and O–H groups in total. The second kappa shape index (κ2) is 9.32.